The SMILES string of the molecule is [2H]c1c([2H])c(C(C)(C)C)c([2H])c([2H])c1N(c1c([2H])c([2H])c(C(C)(C)C)c([2H])c1[2H])c1c([2H])c2c3c(c1[2H])N1c4ccccc4[Si]4(c5ccccc5-c5ccccc54)c4cccc(c41)B3c1cccc3c1N2c1ccccc1C31c2ccccc2Oc2ccccc21. The van der Waals surface area contributed by atoms with Gasteiger partial charge in [-0.15, -0.1) is 0 Å². The van der Waals surface area contributed by atoms with Crippen LogP contribution in [0, 0.1) is 0 Å². The molecule has 386 valence electrons. The molecule has 0 saturated heterocycles. The summed E-state index contributed by atoms with van der Waals surface area (Å²) >= 11 is 0. The van der Waals surface area contributed by atoms with E-state index in [1.54, 1.807) is 0 Å². The highest BCUT2D eigenvalue weighted by atomic mass is 28.3. The molecule has 11 aromatic rings. The number of para-hydroxylation sites is 6. The summed E-state index contributed by atoms with van der Waals surface area (Å²) in [4.78, 5) is 5.58. The average molecular weight is 1070 g/mol. The minimum Gasteiger partial charge on any atom is -0.457 e. The minimum absolute atomic E-state index is 0.135. The van der Waals surface area contributed by atoms with E-state index in [1.807, 2.05) is 96.1 Å². The van der Waals surface area contributed by atoms with Crippen LogP contribution in [-0.2, 0) is 16.2 Å². The van der Waals surface area contributed by atoms with E-state index in [0.29, 0.717) is 28.3 Å². The van der Waals surface area contributed by atoms with Crippen molar-refractivity contribution in [1.29, 1.82) is 0 Å². The summed E-state index contributed by atoms with van der Waals surface area (Å²) in [5, 5.41) is 4.69. The Labute approximate surface area is 490 Å². The first-order chi connectivity index (χ1) is 43.7. The van der Waals surface area contributed by atoms with Gasteiger partial charge in [-0.25, -0.2) is 0 Å². The van der Waals surface area contributed by atoms with Gasteiger partial charge in [0.1, 0.15) is 11.5 Å². The first-order valence-corrected chi connectivity index (χ1v) is 30.0. The van der Waals surface area contributed by atoms with Crippen LogP contribution in [0.1, 0.15) is 88.6 Å². The number of nitrogens with zero attached hydrogens (tertiary/aromatic N) is 3. The monoisotopic (exact) mass is 1070 g/mol. The summed E-state index contributed by atoms with van der Waals surface area (Å²) < 4.78 is 110. The number of hydrogen-bond acceptors (Lipinski definition) is 4. The number of anilines is 9. The molecule has 17 rings (SSSR count). The maximum Gasteiger partial charge on any atom is 0.252 e. The predicted octanol–water partition coefficient (Wildman–Crippen LogP) is 14.3. The molecule has 6 aliphatic heterocycles. The van der Waals surface area contributed by atoms with Crippen molar-refractivity contribution in [1.82, 2.24) is 0 Å². The van der Waals surface area contributed by atoms with Crippen molar-refractivity contribution in [3.63, 3.8) is 0 Å². The fourth-order valence-electron chi connectivity index (χ4n) is 14.7. The van der Waals surface area contributed by atoms with E-state index in [9.17, 15) is 13.7 Å². The Kier molecular flexibility index (Phi) is 7.58. The molecule has 0 bridgehead atoms. The third-order valence-corrected chi connectivity index (χ3v) is 22.9. The highest BCUT2D eigenvalue weighted by Crippen LogP contribution is 2.64. The molecule has 0 aromatic heterocycles. The molecule has 81 heavy (non-hydrogen) atoms. The van der Waals surface area contributed by atoms with E-state index in [0.717, 1.165) is 66.3 Å². The molecule has 0 aliphatic carbocycles. The molecule has 11 aromatic carbocycles. The largest absolute Gasteiger partial charge is 0.457 e. The van der Waals surface area contributed by atoms with E-state index < -0.39 is 66.6 Å². The summed E-state index contributed by atoms with van der Waals surface area (Å²) in [5.41, 5.74) is 9.02. The third kappa shape index (κ3) is 6.00. The van der Waals surface area contributed by atoms with E-state index in [2.05, 4.69) is 137 Å². The van der Waals surface area contributed by atoms with Crippen molar-refractivity contribution in [3.8, 4) is 22.6 Å². The summed E-state index contributed by atoms with van der Waals surface area (Å²) in [7, 11) is -3.31. The molecule has 0 unspecified atom stereocenters. The molecule has 0 atom stereocenters. The van der Waals surface area contributed by atoms with Gasteiger partial charge < -0.3 is 19.4 Å². The topological polar surface area (TPSA) is 19.0 Å². The smallest absolute Gasteiger partial charge is 0.252 e. The van der Waals surface area contributed by atoms with Crippen LogP contribution >= 0.6 is 0 Å². The lowest BCUT2D eigenvalue weighted by atomic mass is 9.33. The average Bonchev–Trinajstić information content (AvgIpc) is 1.66. The highest BCUT2D eigenvalue weighted by Gasteiger charge is 2.59. The second kappa shape index (κ2) is 16.3. The van der Waals surface area contributed by atoms with Gasteiger partial charge in [-0.05, 0) is 142 Å². The maximum absolute atomic E-state index is 11.5. The van der Waals surface area contributed by atoms with Crippen molar-refractivity contribution in [2.75, 3.05) is 14.7 Å². The van der Waals surface area contributed by atoms with E-state index >= 15 is 0 Å². The Hall–Kier alpha value is -9.10. The molecule has 0 radical (unpaired) electrons. The summed E-state index contributed by atoms with van der Waals surface area (Å²) in [5.74, 6) is 1.40. The van der Waals surface area contributed by atoms with Crippen LogP contribution in [0.4, 0.5) is 51.2 Å². The lowest BCUT2D eigenvalue weighted by molar-refractivity contribution is 0.434. The summed E-state index contributed by atoms with van der Waals surface area (Å²) in [6.07, 6.45) is 0. The van der Waals surface area contributed by atoms with Crippen molar-refractivity contribution in [2.45, 2.75) is 57.8 Å². The Morgan fingerprint density at radius 1 is 0.420 bits per heavy atom. The molecule has 6 heterocycles. The quantitative estimate of drug-likeness (QED) is 0.164. The number of ether oxygens (including phenoxy) is 1. The second-order valence-corrected chi connectivity index (χ2v) is 28.0. The minimum atomic E-state index is -3.31. The van der Waals surface area contributed by atoms with Gasteiger partial charge in [0.2, 0.25) is 0 Å². The number of hydrogen-bond donors (Lipinski definition) is 0. The Balaban J connectivity index is 1.09. The normalized spacial score (nSPS) is 17.0. The summed E-state index contributed by atoms with van der Waals surface area (Å²) in [6.45, 7) is 10.3. The van der Waals surface area contributed by atoms with Gasteiger partial charge >= 0.3 is 0 Å². The number of rotatable bonds is 3. The van der Waals surface area contributed by atoms with Gasteiger partial charge in [0.15, 0.2) is 8.07 Å². The first-order valence-electron chi connectivity index (χ1n) is 33.0. The molecule has 6 aliphatic rings. The van der Waals surface area contributed by atoms with E-state index in [4.69, 9.17) is 4.74 Å². The highest BCUT2D eigenvalue weighted by molar-refractivity contribution is 7.24. The van der Waals surface area contributed by atoms with Crippen LogP contribution < -0.4 is 56.6 Å². The zero-order valence-corrected chi connectivity index (χ0v) is 46.6. The van der Waals surface area contributed by atoms with Gasteiger partial charge in [0.05, 0.1) is 30.5 Å². The van der Waals surface area contributed by atoms with Crippen LogP contribution in [0.2, 0.25) is 0 Å². The van der Waals surface area contributed by atoms with Crippen LogP contribution in [-0.4, -0.2) is 14.8 Å². The molecule has 6 heteroatoms. The third-order valence-electron chi connectivity index (χ3n) is 18.0. The van der Waals surface area contributed by atoms with Gasteiger partial charge in [0, 0.05) is 50.9 Å². The molecule has 0 N–H and O–H groups in total. The van der Waals surface area contributed by atoms with Gasteiger partial charge in [0.25, 0.3) is 6.71 Å². The molecule has 2 spiro atoms. The lowest BCUT2D eigenvalue weighted by Crippen LogP contribution is -2.77. The zero-order chi connectivity index (χ0) is 63.0. The van der Waals surface area contributed by atoms with Crippen LogP contribution in [0.3, 0.4) is 0 Å². The van der Waals surface area contributed by atoms with Gasteiger partial charge in [-0.2, -0.15) is 0 Å². The molecule has 0 amide bonds. The van der Waals surface area contributed by atoms with Crippen molar-refractivity contribution in [3.05, 3.63) is 276 Å². The molecular weight excluding hydrogens is 998 g/mol. The number of fused-ring (bicyclic) bond motifs is 21. The fraction of sp³-hybridized carbons (Fsp3) is 0.120. The van der Waals surface area contributed by atoms with Crippen LogP contribution in [0.25, 0.3) is 11.1 Å². The fourth-order valence-corrected chi connectivity index (χ4v) is 20.3. The van der Waals surface area contributed by atoms with Crippen LogP contribution in [0.15, 0.2) is 242 Å². The molecule has 0 saturated carbocycles. The maximum atomic E-state index is 11.5. The lowest BCUT2D eigenvalue weighted by Gasteiger charge is -2.54. The van der Waals surface area contributed by atoms with Crippen molar-refractivity contribution >= 4 is 103 Å². The second-order valence-electron chi connectivity index (χ2n) is 24.3. The molecular formula is C75H58BN3OSi. The van der Waals surface area contributed by atoms with Gasteiger partial charge in [-0.1, -0.05) is 223 Å². The predicted molar refractivity (Wildman–Crippen MR) is 341 cm³/mol. The standard InChI is InChI=1S/C75H58BN3OSi/c1-73(2,3)47-37-41-49(42-38-47)77(50-43-39-48(40-44-50)74(4,5)6)51-45-62-70-63(46-51)79-61-30-13-18-35-68(61)81(66-33-16-7-21-52(66)53-22-8-17-34-67(53)81)69-36-20-28-59(72(69)79)76(70)58-27-19-26-57-71(58)78(62)60-29-12-9-23-54(60)75(57)55-24-10-14-31-64(55)80-65-32-15-11-25-56(65)75/h7-46H,1-6H3/i37D,38D,39D,40D,41D,42D,43D,44D,45D,46D. The first kappa shape index (κ1) is 37.7. The molecule has 4 nitrogen and oxygen atoms in total. The van der Waals surface area contributed by atoms with Gasteiger partial charge in [-0.3, -0.25) is 0 Å². The summed E-state index contributed by atoms with van der Waals surface area (Å²) in [6, 6.07) is 59.7. The zero-order valence-electron chi connectivity index (χ0n) is 55.6. The van der Waals surface area contributed by atoms with E-state index in [-0.39, 0.29) is 53.1 Å². The Morgan fingerprint density at radius 3 is 1.44 bits per heavy atom. The number of benzene rings is 11. The Bertz CT molecular complexity index is 4920. The molecule has 0 fully saturated rings. The van der Waals surface area contributed by atoms with Crippen molar-refractivity contribution < 1.29 is 18.4 Å². The van der Waals surface area contributed by atoms with Crippen molar-refractivity contribution in [2.24, 2.45) is 0 Å². The van der Waals surface area contributed by atoms with Crippen LogP contribution in [0.5, 0.6) is 11.5 Å². The van der Waals surface area contributed by atoms with E-state index in [1.165, 1.54) is 26.4 Å². The Morgan fingerprint density at radius 2 is 0.864 bits per heavy atom.